The average Bonchev–Trinajstić information content (AvgIpc) is 3.88. The minimum absolute atomic E-state index is 0.210. The predicted octanol–water partition coefficient (Wildman–Crippen LogP) is 10.6. The quantitative estimate of drug-likeness (QED) is 0.163. The van der Waals surface area contributed by atoms with Gasteiger partial charge in [0.1, 0.15) is 0 Å². The zero-order chi connectivity index (χ0) is 39.3. The Balaban J connectivity index is 1.24. The van der Waals surface area contributed by atoms with Gasteiger partial charge >= 0.3 is 0 Å². The zero-order valence-corrected chi connectivity index (χ0v) is 33.9. The zero-order valence-electron chi connectivity index (χ0n) is 32.9. The third kappa shape index (κ3) is 4.63. The third-order valence-corrected chi connectivity index (χ3v) is 17.8. The molecule has 8 aromatic carbocycles. The van der Waals surface area contributed by atoms with Crippen molar-refractivity contribution in [2.45, 2.75) is 19.3 Å². The Labute approximate surface area is 345 Å². The van der Waals surface area contributed by atoms with E-state index in [0.29, 0.717) is 0 Å². The fourth-order valence-corrected chi connectivity index (χ4v) is 15.6. The van der Waals surface area contributed by atoms with Gasteiger partial charge in [-0.1, -0.05) is 202 Å². The van der Waals surface area contributed by atoms with Crippen LogP contribution >= 0.6 is 0 Å². The standard InChI is InChI=1S/C55H39N3Si/c1-55(2)45-30-16-12-26-39(45)41-34-35-42-40-27-13-17-31-46(40)58(52(42)50(41)55)47-32-18-14-28-43(47)51-49-44-29-15-19-33-48(44)59(37-22-8-4-9-23-37,38-24-10-5-11-25-38)54(49)57-53(56-51)36-20-6-3-7-21-36/h3-35H,1-2H3. The highest BCUT2D eigenvalue weighted by Gasteiger charge is 2.52. The van der Waals surface area contributed by atoms with E-state index in [0.717, 1.165) is 39.2 Å². The largest absolute Gasteiger partial charge is 0.308 e. The molecule has 2 aromatic heterocycles. The van der Waals surface area contributed by atoms with Crippen LogP contribution in [0.1, 0.15) is 25.0 Å². The highest BCUT2D eigenvalue weighted by molar-refractivity contribution is 7.21. The van der Waals surface area contributed by atoms with Crippen LogP contribution < -0.4 is 20.9 Å². The second kappa shape index (κ2) is 12.7. The molecule has 3 heterocycles. The number of nitrogens with zero attached hydrogens (tertiary/aromatic N) is 3. The van der Waals surface area contributed by atoms with Crippen LogP contribution in [0.3, 0.4) is 0 Å². The van der Waals surface area contributed by atoms with Crippen LogP contribution in [-0.4, -0.2) is 22.6 Å². The summed E-state index contributed by atoms with van der Waals surface area (Å²) in [4.78, 5) is 11.5. The van der Waals surface area contributed by atoms with E-state index >= 15 is 0 Å². The van der Waals surface area contributed by atoms with E-state index in [-0.39, 0.29) is 5.41 Å². The van der Waals surface area contributed by atoms with Gasteiger partial charge in [0.15, 0.2) is 5.82 Å². The molecule has 0 radical (unpaired) electrons. The summed E-state index contributed by atoms with van der Waals surface area (Å²) in [6, 6.07) is 73.3. The molecule has 0 atom stereocenters. The normalized spacial score (nSPS) is 14.2. The van der Waals surface area contributed by atoms with Crippen molar-refractivity contribution in [3.8, 4) is 50.6 Å². The molecule has 0 N–H and O–H groups in total. The van der Waals surface area contributed by atoms with E-state index in [9.17, 15) is 0 Å². The Bertz CT molecular complexity index is 3250. The smallest absolute Gasteiger partial charge is 0.203 e. The molecule has 0 saturated carbocycles. The lowest BCUT2D eigenvalue weighted by Gasteiger charge is -2.30. The van der Waals surface area contributed by atoms with Gasteiger partial charge < -0.3 is 4.57 Å². The average molecular weight is 770 g/mol. The molecule has 3 nitrogen and oxygen atoms in total. The van der Waals surface area contributed by atoms with Crippen LogP contribution in [0.5, 0.6) is 0 Å². The lowest BCUT2D eigenvalue weighted by Crippen LogP contribution is -2.73. The van der Waals surface area contributed by atoms with Crippen molar-refractivity contribution in [3.63, 3.8) is 0 Å². The Morgan fingerprint density at radius 3 is 1.81 bits per heavy atom. The molecule has 0 saturated heterocycles. The van der Waals surface area contributed by atoms with E-state index < -0.39 is 8.07 Å². The summed E-state index contributed by atoms with van der Waals surface area (Å²) >= 11 is 0. The van der Waals surface area contributed by atoms with Crippen molar-refractivity contribution in [2.75, 3.05) is 0 Å². The van der Waals surface area contributed by atoms with Crippen molar-refractivity contribution < 1.29 is 0 Å². The summed E-state index contributed by atoms with van der Waals surface area (Å²) in [6.45, 7) is 4.78. The fourth-order valence-electron chi connectivity index (χ4n) is 10.6. The second-order valence-corrected chi connectivity index (χ2v) is 20.1. The Hall–Kier alpha value is -7.14. The molecule has 0 fully saturated rings. The maximum atomic E-state index is 5.76. The Morgan fingerprint density at radius 1 is 0.475 bits per heavy atom. The molecule has 4 heteroatoms. The number of hydrogen-bond donors (Lipinski definition) is 0. The number of aromatic nitrogens is 3. The summed E-state index contributed by atoms with van der Waals surface area (Å²) < 4.78 is 2.54. The molecule has 0 amide bonds. The van der Waals surface area contributed by atoms with Gasteiger partial charge in [-0.3, -0.25) is 0 Å². The molecule has 0 spiro atoms. The molecular weight excluding hydrogens is 731 g/mol. The van der Waals surface area contributed by atoms with Crippen LogP contribution in [-0.2, 0) is 5.41 Å². The van der Waals surface area contributed by atoms with Gasteiger partial charge in [0, 0.05) is 32.9 Å². The lowest BCUT2D eigenvalue weighted by molar-refractivity contribution is 0.664. The first-order valence-electron chi connectivity index (χ1n) is 20.5. The molecule has 59 heavy (non-hydrogen) atoms. The first-order chi connectivity index (χ1) is 29.1. The van der Waals surface area contributed by atoms with Crippen molar-refractivity contribution in [3.05, 3.63) is 211 Å². The number of para-hydroxylation sites is 2. The summed E-state index contributed by atoms with van der Waals surface area (Å²) in [7, 11) is -2.95. The maximum absolute atomic E-state index is 5.76. The molecule has 0 unspecified atom stereocenters. The molecule has 1 aliphatic carbocycles. The lowest BCUT2D eigenvalue weighted by atomic mass is 9.81. The van der Waals surface area contributed by atoms with E-state index in [1.165, 1.54) is 65.2 Å². The van der Waals surface area contributed by atoms with Crippen LogP contribution in [0.25, 0.3) is 72.4 Å². The number of rotatable bonds is 5. The van der Waals surface area contributed by atoms with E-state index in [4.69, 9.17) is 9.97 Å². The van der Waals surface area contributed by atoms with Crippen LogP contribution in [0, 0.1) is 0 Å². The highest BCUT2D eigenvalue weighted by Crippen LogP contribution is 2.53. The van der Waals surface area contributed by atoms with Crippen LogP contribution in [0.4, 0.5) is 0 Å². The van der Waals surface area contributed by atoms with Gasteiger partial charge in [0.25, 0.3) is 0 Å². The Kier molecular flexibility index (Phi) is 7.29. The second-order valence-electron chi connectivity index (χ2n) is 16.4. The van der Waals surface area contributed by atoms with Gasteiger partial charge in [-0.15, -0.1) is 0 Å². The summed E-state index contributed by atoms with van der Waals surface area (Å²) in [5.41, 5.74) is 14.1. The first-order valence-corrected chi connectivity index (χ1v) is 22.5. The van der Waals surface area contributed by atoms with Crippen LogP contribution in [0.2, 0.25) is 0 Å². The topological polar surface area (TPSA) is 30.7 Å². The van der Waals surface area contributed by atoms with Gasteiger partial charge in [0.05, 0.1) is 27.7 Å². The summed E-state index contributed by atoms with van der Waals surface area (Å²) in [5.74, 6) is 0.741. The van der Waals surface area contributed by atoms with Gasteiger partial charge in [-0.05, 0) is 55.5 Å². The molecule has 12 rings (SSSR count). The van der Waals surface area contributed by atoms with Crippen molar-refractivity contribution in [2.24, 2.45) is 0 Å². The maximum Gasteiger partial charge on any atom is 0.203 e. The number of benzene rings is 8. The van der Waals surface area contributed by atoms with Crippen LogP contribution in [0.15, 0.2) is 200 Å². The summed E-state index contributed by atoms with van der Waals surface area (Å²) in [5, 5.41) is 7.62. The van der Waals surface area contributed by atoms with Crippen molar-refractivity contribution in [1.29, 1.82) is 0 Å². The molecule has 278 valence electrons. The minimum atomic E-state index is -2.95. The van der Waals surface area contributed by atoms with Gasteiger partial charge in [-0.2, -0.15) is 0 Å². The number of fused-ring (bicyclic) bond motifs is 10. The van der Waals surface area contributed by atoms with E-state index in [2.05, 4.69) is 219 Å². The monoisotopic (exact) mass is 769 g/mol. The molecule has 0 bridgehead atoms. The minimum Gasteiger partial charge on any atom is -0.308 e. The number of hydrogen-bond acceptors (Lipinski definition) is 2. The molecule has 1 aliphatic heterocycles. The Morgan fingerprint density at radius 2 is 1.07 bits per heavy atom. The first kappa shape index (κ1) is 33.9. The van der Waals surface area contributed by atoms with Gasteiger partial charge in [-0.25, -0.2) is 9.97 Å². The van der Waals surface area contributed by atoms with Gasteiger partial charge in [0.2, 0.25) is 8.07 Å². The van der Waals surface area contributed by atoms with Crippen molar-refractivity contribution in [1.82, 2.24) is 14.5 Å². The summed E-state index contributed by atoms with van der Waals surface area (Å²) in [6.07, 6.45) is 0. The molecule has 10 aromatic rings. The van der Waals surface area contributed by atoms with E-state index in [1.807, 2.05) is 0 Å². The van der Waals surface area contributed by atoms with E-state index in [1.54, 1.807) is 0 Å². The third-order valence-electron chi connectivity index (χ3n) is 13.1. The molecule has 2 aliphatic rings. The molecular formula is C55H39N3Si. The highest BCUT2D eigenvalue weighted by atomic mass is 28.3. The van der Waals surface area contributed by atoms with Crippen molar-refractivity contribution >= 4 is 50.8 Å². The SMILES string of the molecule is CC1(C)c2ccccc2-c2ccc3c4ccccc4n(-c4ccccc4-c4nc(-c5ccccc5)nc5c4-c4ccccc4[Si]5(c4ccccc4)c4ccccc4)c3c21. The fraction of sp³-hybridized carbons (Fsp3) is 0.0545. The predicted molar refractivity (Wildman–Crippen MR) is 247 cm³/mol.